The second-order valence-corrected chi connectivity index (χ2v) is 5.67. The molecule has 3 heteroatoms. The van der Waals surface area contributed by atoms with Gasteiger partial charge in [0.1, 0.15) is 0 Å². The fourth-order valence-electron chi connectivity index (χ4n) is 2.88. The van der Waals surface area contributed by atoms with Crippen LogP contribution in [0.5, 0.6) is 0 Å². The van der Waals surface area contributed by atoms with E-state index in [1.807, 2.05) is 0 Å². The highest BCUT2D eigenvalue weighted by molar-refractivity contribution is 5.26. The van der Waals surface area contributed by atoms with Gasteiger partial charge in [0.15, 0.2) is 0 Å². The van der Waals surface area contributed by atoms with Crippen molar-refractivity contribution in [2.24, 2.45) is 0 Å². The summed E-state index contributed by atoms with van der Waals surface area (Å²) in [5.41, 5.74) is 2.67. The van der Waals surface area contributed by atoms with Gasteiger partial charge in [0.05, 0.1) is 6.61 Å². The summed E-state index contributed by atoms with van der Waals surface area (Å²) in [4.78, 5) is 2.46. The molecule has 1 unspecified atom stereocenters. The highest BCUT2D eigenvalue weighted by atomic mass is 16.5. The Labute approximate surface area is 123 Å². The van der Waals surface area contributed by atoms with E-state index < -0.39 is 0 Å². The Morgan fingerprint density at radius 3 is 2.80 bits per heavy atom. The maximum absolute atomic E-state index is 5.90. The van der Waals surface area contributed by atoms with Gasteiger partial charge >= 0.3 is 0 Å². The predicted molar refractivity (Wildman–Crippen MR) is 83.7 cm³/mol. The number of hydrogen-bond acceptors (Lipinski definition) is 3. The molecule has 0 amide bonds. The first kappa shape index (κ1) is 15.5. The first-order valence-electron chi connectivity index (χ1n) is 7.86. The first-order chi connectivity index (χ1) is 9.81. The fourth-order valence-corrected chi connectivity index (χ4v) is 2.88. The third kappa shape index (κ3) is 4.58. The lowest BCUT2D eigenvalue weighted by molar-refractivity contribution is 0.101. The standard InChI is InChI=1S/C17H28N2O/c1-3-18-13-15-7-4-5-8-16(15)14-20-12-10-17-9-6-11-19(17)2/h4-5,7-8,17-18H,3,6,9-14H2,1-2H3. The average molecular weight is 276 g/mol. The SMILES string of the molecule is CCNCc1ccccc1COCCC1CCCN1C. The highest BCUT2D eigenvalue weighted by Crippen LogP contribution is 2.18. The van der Waals surface area contributed by atoms with Crippen LogP contribution in [0.3, 0.4) is 0 Å². The summed E-state index contributed by atoms with van der Waals surface area (Å²) in [6, 6.07) is 9.29. The normalized spacial score (nSPS) is 19.6. The fraction of sp³-hybridized carbons (Fsp3) is 0.647. The minimum Gasteiger partial charge on any atom is -0.377 e. The van der Waals surface area contributed by atoms with Gasteiger partial charge in [0, 0.05) is 19.2 Å². The Balaban J connectivity index is 1.73. The lowest BCUT2D eigenvalue weighted by Crippen LogP contribution is -2.26. The van der Waals surface area contributed by atoms with Crippen LogP contribution in [0.1, 0.15) is 37.3 Å². The molecule has 0 spiro atoms. The molecule has 1 atom stereocenters. The van der Waals surface area contributed by atoms with Crippen molar-refractivity contribution >= 4 is 0 Å². The van der Waals surface area contributed by atoms with Crippen molar-refractivity contribution in [3.05, 3.63) is 35.4 Å². The summed E-state index contributed by atoms with van der Waals surface area (Å²) in [5.74, 6) is 0. The molecule has 1 fully saturated rings. The summed E-state index contributed by atoms with van der Waals surface area (Å²) >= 11 is 0. The molecule has 1 N–H and O–H groups in total. The van der Waals surface area contributed by atoms with Gasteiger partial charge in [-0.3, -0.25) is 0 Å². The van der Waals surface area contributed by atoms with Gasteiger partial charge in [-0.25, -0.2) is 0 Å². The van der Waals surface area contributed by atoms with E-state index in [1.54, 1.807) is 0 Å². The summed E-state index contributed by atoms with van der Waals surface area (Å²) in [5, 5.41) is 3.38. The van der Waals surface area contributed by atoms with E-state index in [0.717, 1.165) is 38.8 Å². The van der Waals surface area contributed by atoms with Crippen LogP contribution in [0.15, 0.2) is 24.3 Å². The van der Waals surface area contributed by atoms with Crippen molar-refractivity contribution in [1.82, 2.24) is 10.2 Å². The zero-order valence-electron chi connectivity index (χ0n) is 12.9. The van der Waals surface area contributed by atoms with Crippen molar-refractivity contribution in [2.75, 3.05) is 26.7 Å². The van der Waals surface area contributed by atoms with Crippen LogP contribution in [-0.2, 0) is 17.9 Å². The molecule has 2 rings (SSSR count). The molecule has 20 heavy (non-hydrogen) atoms. The molecule has 0 radical (unpaired) electrons. The second kappa shape index (κ2) is 8.40. The molecule has 1 heterocycles. The molecule has 1 aliphatic heterocycles. The summed E-state index contributed by atoms with van der Waals surface area (Å²) in [6.45, 7) is 6.92. The molecule has 1 saturated heterocycles. The van der Waals surface area contributed by atoms with E-state index in [9.17, 15) is 0 Å². The molecule has 0 saturated carbocycles. The smallest absolute Gasteiger partial charge is 0.0720 e. The van der Waals surface area contributed by atoms with Crippen molar-refractivity contribution < 1.29 is 4.74 Å². The van der Waals surface area contributed by atoms with Crippen molar-refractivity contribution in [2.45, 2.75) is 45.4 Å². The van der Waals surface area contributed by atoms with Gasteiger partial charge in [0.25, 0.3) is 0 Å². The Kier molecular flexibility index (Phi) is 6.51. The van der Waals surface area contributed by atoms with Crippen molar-refractivity contribution in [1.29, 1.82) is 0 Å². The number of nitrogens with zero attached hydrogens (tertiary/aromatic N) is 1. The van der Waals surface area contributed by atoms with Crippen LogP contribution in [0, 0.1) is 0 Å². The maximum atomic E-state index is 5.90. The maximum Gasteiger partial charge on any atom is 0.0720 e. The van der Waals surface area contributed by atoms with Crippen LogP contribution < -0.4 is 5.32 Å². The minimum absolute atomic E-state index is 0.729. The number of likely N-dealkylation sites (tertiary alicyclic amines) is 1. The van der Waals surface area contributed by atoms with E-state index in [4.69, 9.17) is 4.74 Å². The molecule has 1 aliphatic rings. The van der Waals surface area contributed by atoms with Gasteiger partial charge in [-0.05, 0) is 50.5 Å². The second-order valence-electron chi connectivity index (χ2n) is 5.67. The van der Waals surface area contributed by atoms with Gasteiger partial charge in [-0.15, -0.1) is 0 Å². The molecule has 3 nitrogen and oxygen atoms in total. The summed E-state index contributed by atoms with van der Waals surface area (Å²) in [7, 11) is 2.23. The monoisotopic (exact) mass is 276 g/mol. The van der Waals surface area contributed by atoms with E-state index in [1.165, 1.54) is 30.5 Å². The third-order valence-electron chi connectivity index (χ3n) is 4.21. The Morgan fingerprint density at radius 2 is 2.10 bits per heavy atom. The molecule has 0 aromatic heterocycles. The van der Waals surface area contributed by atoms with Gasteiger partial charge in [0.2, 0.25) is 0 Å². The number of nitrogens with one attached hydrogen (secondary N) is 1. The quantitative estimate of drug-likeness (QED) is 0.739. The van der Waals surface area contributed by atoms with E-state index in [0.29, 0.717) is 0 Å². The summed E-state index contributed by atoms with van der Waals surface area (Å²) < 4.78 is 5.90. The summed E-state index contributed by atoms with van der Waals surface area (Å²) in [6.07, 6.45) is 3.83. The Morgan fingerprint density at radius 1 is 1.30 bits per heavy atom. The topological polar surface area (TPSA) is 24.5 Å². The van der Waals surface area contributed by atoms with Crippen molar-refractivity contribution in [3.63, 3.8) is 0 Å². The Hall–Kier alpha value is -0.900. The van der Waals surface area contributed by atoms with E-state index in [-0.39, 0.29) is 0 Å². The number of hydrogen-bond donors (Lipinski definition) is 1. The lowest BCUT2D eigenvalue weighted by atomic mass is 10.1. The zero-order chi connectivity index (χ0) is 14.2. The first-order valence-corrected chi connectivity index (χ1v) is 7.86. The number of benzene rings is 1. The van der Waals surface area contributed by atoms with E-state index >= 15 is 0 Å². The van der Waals surface area contributed by atoms with Crippen molar-refractivity contribution in [3.8, 4) is 0 Å². The van der Waals surface area contributed by atoms with Crippen LogP contribution in [0.25, 0.3) is 0 Å². The molecule has 0 aliphatic carbocycles. The van der Waals surface area contributed by atoms with Crippen LogP contribution in [0.4, 0.5) is 0 Å². The number of rotatable bonds is 8. The molecule has 0 bridgehead atoms. The van der Waals surface area contributed by atoms with Gasteiger partial charge in [-0.1, -0.05) is 31.2 Å². The average Bonchev–Trinajstić information content (AvgIpc) is 2.88. The molecular weight excluding hydrogens is 248 g/mol. The minimum atomic E-state index is 0.729. The molecular formula is C17H28N2O. The van der Waals surface area contributed by atoms with E-state index in [2.05, 4.69) is 48.5 Å². The van der Waals surface area contributed by atoms with Crippen LogP contribution >= 0.6 is 0 Å². The highest BCUT2D eigenvalue weighted by Gasteiger charge is 2.19. The Bertz CT molecular complexity index is 394. The van der Waals surface area contributed by atoms with Crippen LogP contribution in [-0.4, -0.2) is 37.7 Å². The molecule has 1 aromatic carbocycles. The van der Waals surface area contributed by atoms with Gasteiger partial charge in [-0.2, -0.15) is 0 Å². The predicted octanol–water partition coefficient (Wildman–Crippen LogP) is 2.80. The number of ether oxygens (including phenoxy) is 1. The lowest BCUT2D eigenvalue weighted by Gasteiger charge is -2.19. The van der Waals surface area contributed by atoms with Gasteiger partial charge < -0.3 is 15.0 Å². The largest absolute Gasteiger partial charge is 0.377 e. The molecule has 112 valence electrons. The zero-order valence-corrected chi connectivity index (χ0v) is 12.9. The molecule has 1 aromatic rings. The third-order valence-corrected chi connectivity index (χ3v) is 4.21. The van der Waals surface area contributed by atoms with Crippen LogP contribution in [0.2, 0.25) is 0 Å².